The van der Waals surface area contributed by atoms with Crippen molar-refractivity contribution in [1.82, 2.24) is 5.32 Å². The molecule has 1 fully saturated rings. The van der Waals surface area contributed by atoms with Crippen molar-refractivity contribution in [2.45, 2.75) is 11.8 Å². The summed E-state index contributed by atoms with van der Waals surface area (Å²) in [5.41, 5.74) is 0.0913. The Bertz CT molecular complexity index is 478. The summed E-state index contributed by atoms with van der Waals surface area (Å²) in [5, 5.41) is 4.14. The highest BCUT2D eigenvalue weighted by Gasteiger charge is 2.33. The van der Waals surface area contributed by atoms with E-state index in [9.17, 15) is 4.79 Å². The van der Waals surface area contributed by atoms with Crippen LogP contribution >= 0.6 is 35.0 Å². The minimum atomic E-state index is -0.00540. The van der Waals surface area contributed by atoms with Gasteiger partial charge in [-0.2, -0.15) is 0 Å². The largest absolute Gasteiger partial charge is 0.380 e. The van der Waals surface area contributed by atoms with Crippen molar-refractivity contribution in [2.24, 2.45) is 5.41 Å². The molecule has 19 heavy (non-hydrogen) atoms. The lowest BCUT2D eigenvalue weighted by Crippen LogP contribution is -2.48. The first kappa shape index (κ1) is 15.0. The normalized spacial score (nSPS) is 16.8. The van der Waals surface area contributed by atoms with Crippen LogP contribution in [0.2, 0.25) is 10.0 Å². The van der Waals surface area contributed by atoms with E-state index in [0.717, 1.165) is 4.90 Å². The summed E-state index contributed by atoms with van der Waals surface area (Å²) in [6, 6.07) is 5.23. The van der Waals surface area contributed by atoms with Gasteiger partial charge in [-0.15, -0.1) is 11.8 Å². The molecule has 1 aromatic carbocycles. The smallest absolute Gasteiger partial charge is 0.230 e. The Labute approximate surface area is 127 Å². The van der Waals surface area contributed by atoms with Crippen LogP contribution in [-0.2, 0) is 9.53 Å². The van der Waals surface area contributed by atoms with Crippen LogP contribution in [-0.4, -0.2) is 31.4 Å². The number of halogens is 2. The predicted octanol–water partition coefficient (Wildman–Crippen LogP) is 3.24. The standard InChI is InChI=1S/C13H15Cl2NO2S/c1-13(7-18-8-13)6-16-12(17)5-19-11-4-9(14)2-3-10(11)15/h2-4H,5-8H2,1H3,(H,16,17). The average molecular weight is 320 g/mol. The first-order valence-corrected chi connectivity index (χ1v) is 7.65. The Hall–Kier alpha value is -0.420. The number of ether oxygens (including phenoxy) is 1. The van der Waals surface area contributed by atoms with Gasteiger partial charge in [-0.1, -0.05) is 30.1 Å². The van der Waals surface area contributed by atoms with Gasteiger partial charge in [-0.05, 0) is 18.2 Å². The lowest BCUT2D eigenvalue weighted by Gasteiger charge is -2.38. The van der Waals surface area contributed by atoms with Gasteiger partial charge in [0.25, 0.3) is 0 Å². The molecule has 2 rings (SSSR count). The van der Waals surface area contributed by atoms with Crippen LogP contribution in [0.1, 0.15) is 6.92 Å². The quantitative estimate of drug-likeness (QED) is 0.847. The van der Waals surface area contributed by atoms with Gasteiger partial charge >= 0.3 is 0 Å². The van der Waals surface area contributed by atoms with Crippen LogP contribution < -0.4 is 5.32 Å². The summed E-state index contributed by atoms with van der Waals surface area (Å²) in [6.45, 7) is 4.16. The third kappa shape index (κ3) is 4.28. The second-order valence-corrected chi connectivity index (χ2v) is 6.80. The fourth-order valence-corrected chi connectivity index (χ4v) is 2.97. The maximum atomic E-state index is 11.8. The molecule has 0 atom stereocenters. The number of hydrogen-bond donors (Lipinski definition) is 1. The number of thioether (sulfide) groups is 1. The molecule has 104 valence electrons. The number of amides is 1. The first-order valence-electron chi connectivity index (χ1n) is 5.91. The molecule has 1 aliphatic heterocycles. The maximum Gasteiger partial charge on any atom is 0.230 e. The van der Waals surface area contributed by atoms with Gasteiger partial charge in [-0.25, -0.2) is 0 Å². The van der Waals surface area contributed by atoms with E-state index in [-0.39, 0.29) is 11.3 Å². The van der Waals surface area contributed by atoms with Gasteiger partial charge in [0.15, 0.2) is 0 Å². The second-order valence-electron chi connectivity index (χ2n) is 4.94. The molecular formula is C13H15Cl2NO2S. The average Bonchev–Trinajstić information content (AvgIpc) is 2.35. The van der Waals surface area contributed by atoms with Gasteiger partial charge < -0.3 is 10.1 Å². The lowest BCUT2D eigenvalue weighted by molar-refractivity contribution is -0.124. The zero-order chi connectivity index (χ0) is 13.9. The van der Waals surface area contributed by atoms with Crippen molar-refractivity contribution in [1.29, 1.82) is 0 Å². The molecule has 0 aliphatic carbocycles. The Kier molecular flexibility index (Phi) is 5.01. The number of carbonyl (C=O) groups excluding carboxylic acids is 1. The SMILES string of the molecule is CC1(CNC(=O)CSc2cc(Cl)ccc2Cl)COC1. The van der Waals surface area contributed by atoms with Crippen molar-refractivity contribution >= 4 is 40.9 Å². The van der Waals surface area contributed by atoms with Crippen LogP contribution in [0.15, 0.2) is 23.1 Å². The third-order valence-electron chi connectivity index (χ3n) is 2.87. The van der Waals surface area contributed by atoms with Crippen molar-refractivity contribution in [3.8, 4) is 0 Å². The predicted molar refractivity (Wildman–Crippen MR) is 79.1 cm³/mol. The molecule has 0 bridgehead atoms. The molecule has 1 saturated heterocycles. The molecular weight excluding hydrogens is 305 g/mol. The zero-order valence-corrected chi connectivity index (χ0v) is 12.9. The second kappa shape index (κ2) is 6.35. The Balaban J connectivity index is 1.78. The molecule has 1 heterocycles. The summed E-state index contributed by atoms with van der Waals surface area (Å²) < 4.78 is 5.14. The van der Waals surface area contributed by atoms with E-state index in [1.54, 1.807) is 18.2 Å². The van der Waals surface area contributed by atoms with E-state index >= 15 is 0 Å². The highest BCUT2D eigenvalue weighted by atomic mass is 35.5. The molecule has 1 aliphatic rings. The van der Waals surface area contributed by atoms with E-state index in [0.29, 0.717) is 35.6 Å². The number of benzene rings is 1. The molecule has 0 saturated carbocycles. The van der Waals surface area contributed by atoms with Crippen LogP contribution in [0.3, 0.4) is 0 Å². The highest BCUT2D eigenvalue weighted by molar-refractivity contribution is 8.00. The fourth-order valence-electron chi connectivity index (χ4n) is 1.65. The summed E-state index contributed by atoms with van der Waals surface area (Å²) in [6.07, 6.45) is 0. The van der Waals surface area contributed by atoms with Crippen LogP contribution in [0.4, 0.5) is 0 Å². The van der Waals surface area contributed by atoms with Gasteiger partial charge in [0.05, 0.1) is 24.0 Å². The Morgan fingerprint density at radius 3 is 2.84 bits per heavy atom. The molecule has 1 aromatic rings. The molecule has 0 unspecified atom stereocenters. The summed E-state index contributed by atoms with van der Waals surface area (Å²) >= 11 is 13.3. The number of rotatable bonds is 5. The molecule has 3 nitrogen and oxygen atoms in total. The molecule has 0 aromatic heterocycles. The van der Waals surface area contributed by atoms with Crippen LogP contribution in [0.25, 0.3) is 0 Å². The van der Waals surface area contributed by atoms with Gasteiger partial charge in [0, 0.05) is 21.9 Å². The Morgan fingerprint density at radius 1 is 1.47 bits per heavy atom. The maximum absolute atomic E-state index is 11.8. The molecule has 1 N–H and O–H groups in total. The summed E-state index contributed by atoms with van der Waals surface area (Å²) in [4.78, 5) is 12.6. The van der Waals surface area contributed by atoms with E-state index in [1.807, 2.05) is 0 Å². The number of hydrogen-bond acceptors (Lipinski definition) is 3. The van der Waals surface area contributed by atoms with Crippen LogP contribution in [0.5, 0.6) is 0 Å². The molecule has 1 amide bonds. The summed E-state index contributed by atoms with van der Waals surface area (Å²) in [5.74, 6) is 0.325. The third-order valence-corrected chi connectivity index (χ3v) is 4.60. The molecule has 0 spiro atoms. The Morgan fingerprint density at radius 2 is 2.21 bits per heavy atom. The van der Waals surface area contributed by atoms with E-state index < -0.39 is 0 Å². The monoisotopic (exact) mass is 319 g/mol. The topological polar surface area (TPSA) is 38.3 Å². The van der Waals surface area contributed by atoms with Crippen molar-refractivity contribution < 1.29 is 9.53 Å². The fraction of sp³-hybridized carbons (Fsp3) is 0.462. The number of nitrogens with one attached hydrogen (secondary N) is 1. The van der Waals surface area contributed by atoms with Crippen LogP contribution in [0, 0.1) is 5.41 Å². The molecule has 0 radical (unpaired) electrons. The zero-order valence-electron chi connectivity index (χ0n) is 10.5. The van der Waals surface area contributed by atoms with Crippen molar-refractivity contribution in [2.75, 3.05) is 25.5 Å². The van der Waals surface area contributed by atoms with Crippen molar-refractivity contribution in [3.05, 3.63) is 28.2 Å². The highest BCUT2D eigenvalue weighted by Crippen LogP contribution is 2.30. The van der Waals surface area contributed by atoms with Crippen molar-refractivity contribution in [3.63, 3.8) is 0 Å². The van der Waals surface area contributed by atoms with E-state index in [2.05, 4.69) is 12.2 Å². The lowest BCUT2D eigenvalue weighted by atomic mass is 9.89. The van der Waals surface area contributed by atoms with Gasteiger partial charge in [0.2, 0.25) is 5.91 Å². The minimum Gasteiger partial charge on any atom is -0.380 e. The van der Waals surface area contributed by atoms with Gasteiger partial charge in [-0.3, -0.25) is 4.79 Å². The van der Waals surface area contributed by atoms with E-state index in [1.165, 1.54) is 11.8 Å². The number of carbonyl (C=O) groups is 1. The van der Waals surface area contributed by atoms with Gasteiger partial charge in [0.1, 0.15) is 0 Å². The molecule has 6 heteroatoms. The van der Waals surface area contributed by atoms with E-state index in [4.69, 9.17) is 27.9 Å². The summed E-state index contributed by atoms with van der Waals surface area (Å²) in [7, 11) is 0. The first-order chi connectivity index (χ1) is 8.98. The minimum absolute atomic E-state index is 0.00540.